The quantitative estimate of drug-likeness (QED) is 0.541. The van der Waals surface area contributed by atoms with Crippen molar-refractivity contribution in [3.63, 3.8) is 0 Å². The zero-order valence-electron chi connectivity index (χ0n) is 8.34. The minimum atomic E-state index is 0.895. The first-order valence-electron chi connectivity index (χ1n) is 5.00. The Kier molecular flexibility index (Phi) is 4.58. The molecule has 0 aliphatic carbocycles. The minimum absolute atomic E-state index is 0.895. The highest BCUT2D eigenvalue weighted by Crippen LogP contribution is 2.07. The molecule has 1 rings (SSSR count). The summed E-state index contributed by atoms with van der Waals surface area (Å²) >= 11 is 0. The second-order valence-electron chi connectivity index (χ2n) is 3.82. The van der Waals surface area contributed by atoms with E-state index < -0.39 is 0 Å². The molecule has 1 aliphatic rings. The fourth-order valence-corrected chi connectivity index (χ4v) is 1.75. The molecule has 3 N–H and O–H groups in total. The molecule has 1 aliphatic heterocycles. The van der Waals surface area contributed by atoms with Crippen LogP contribution in [-0.4, -0.2) is 51.7 Å². The van der Waals surface area contributed by atoms with Crippen LogP contribution in [0.25, 0.3) is 0 Å². The number of nitrogens with two attached hydrogens (primary N) is 1. The molecule has 1 saturated heterocycles. The number of nitrogens with zero attached hydrogens (tertiary/aromatic N) is 1. The van der Waals surface area contributed by atoms with Crippen LogP contribution in [0.4, 0.5) is 0 Å². The second-order valence-corrected chi connectivity index (χ2v) is 3.82. The van der Waals surface area contributed by atoms with Gasteiger partial charge in [0.1, 0.15) is 0 Å². The average molecular weight is 172 g/mol. The van der Waals surface area contributed by atoms with E-state index in [0.29, 0.717) is 0 Å². The van der Waals surface area contributed by atoms with Crippen LogP contribution in [0.2, 0.25) is 0 Å². The molecule has 0 saturated carbocycles. The zero-order chi connectivity index (χ0) is 8.81. The van der Waals surface area contributed by atoms with Gasteiger partial charge in [-0.15, -0.1) is 0 Å². The van der Waals surface area contributed by atoms with Crippen LogP contribution in [0.15, 0.2) is 0 Å². The van der Waals surface area contributed by atoms with E-state index in [1.807, 2.05) is 0 Å². The van der Waals surface area contributed by atoms with Gasteiger partial charge in [-0.1, -0.05) is 0 Å². The lowest BCUT2D eigenvalue weighted by Gasteiger charge is -2.18. The fraction of sp³-hybridized carbons (Fsp3) is 1.00. The summed E-state index contributed by atoms with van der Waals surface area (Å²) in [6.45, 7) is 6.14. The molecule has 0 aromatic carbocycles. The predicted molar refractivity (Wildman–Crippen MR) is 51.2 cm³/mol. The highest BCUT2D eigenvalue weighted by Gasteiger charge is 2.15. The Morgan fingerprint density at radius 1 is 1.58 bits per heavy atom. The maximum absolute atomic E-state index is 3.40. The van der Waals surface area contributed by atoms with E-state index in [1.165, 1.54) is 39.1 Å². The van der Waals surface area contributed by atoms with E-state index in [4.69, 9.17) is 0 Å². The first-order chi connectivity index (χ1) is 5.83. The minimum Gasteiger partial charge on any atom is -0.348 e. The Morgan fingerprint density at radius 2 is 2.42 bits per heavy atom. The van der Waals surface area contributed by atoms with Crippen molar-refractivity contribution in [2.75, 3.05) is 46.8 Å². The van der Waals surface area contributed by atoms with E-state index in [9.17, 15) is 0 Å². The molecular weight excluding hydrogens is 150 g/mol. The van der Waals surface area contributed by atoms with Crippen LogP contribution in [0.5, 0.6) is 0 Å². The van der Waals surface area contributed by atoms with Crippen molar-refractivity contribution in [3.05, 3.63) is 0 Å². The standard InChI is InChI=1S/C9H21N3/c1-10-5-6-12(2)8-9-3-4-11-7-9/h9-11H,3-8H2,1-2H3/p+1. The van der Waals surface area contributed by atoms with Gasteiger partial charge in [-0.05, 0) is 32.5 Å². The third-order valence-corrected chi connectivity index (χ3v) is 2.53. The molecule has 1 fully saturated rings. The van der Waals surface area contributed by atoms with Gasteiger partial charge in [-0.2, -0.15) is 0 Å². The largest absolute Gasteiger partial charge is 0.348 e. The maximum atomic E-state index is 3.40. The first kappa shape index (κ1) is 9.96. The number of quaternary nitrogens is 1. The number of rotatable bonds is 5. The topological polar surface area (TPSA) is 31.9 Å². The summed E-state index contributed by atoms with van der Waals surface area (Å²) in [6, 6.07) is 0. The molecule has 1 atom stereocenters. The van der Waals surface area contributed by atoms with Crippen LogP contribution in [0.1, 0.15) is 6.42 Å². The summed E-state index contributed by atoms with van der Waals surface area (Å²) in [4.78, 5) is 2.44. The van der Waals surface area contributed by atoms with E-state index in [2.05, 4.69) is 29.6 Å². The number of likely N-dealkylation sites (N-methyl/N-ethyl adjacent to an activating group) is 2. The summed E-state index contributed by atoms with van der Waals surface area (Å²) in [5.41, 5.74) is 0. The maximum Gasteiger partial charge on any atom is 0.0882 e. The third-order valence-electron chi connectivity index (χ3n) is 2.53. The van der Waals surface area contributed by atoms with Crippen LogP contribution < -0.4 is 10.6 Å². The summed E-state index contributed by atoms with van der Waals surface area (Å²) in [5.74, 6) is 0.895. The molecule has 0 spiro atoms. The van der Waals surface area contributed by atoms with Crippen molar-refractivity contribution in [1.82, 2.24) is 10.2 Å². The third kappa shape index (κ3) is 3.52. The fourth-order valence-electron chi connectivity index (χ4n) is 1.75. The lowest BCUT2D eigenvalue weighted by atomic mass is 10.1. The molecule has 1 unspecified atom stereocenters. The molecule has 0 amide bonds. The van der Waals surface area contributed by atoms with Crippen molar-refractivity contribution >= 4 is 0 Å². The van der Waals surface area contributed by atoms with E-state index in [1.54, 1.807) is 0 Å². The van der Waals surface area contributed by atoms with Gasteiger partial charge < -0.3 is 15.5 Å². The second kappa shape index (κ2) is 5.51. The Morgan fingerprint density at radius 3 is 3.00 bits per heavy atom. The van der Waals surface area contributed by atoms with E-state index >= 15 is 0 Å². The summed E-state index contributed by atoms with van der Waals surface area (Å²) in [7, 11) is 4.35. The van der Waals surface area contributed by atoms with Crippen LogP contribution in [0.3, 0.4) is 0 Å². The first-order valence-corrected chi connectivity index (χ1v) is 5.00. The Labute approximate surface area is 75.5 Å². The summed E-state index contributed by atoms with van der Waals surface area (Å²) < 4.78 is 0. The molecule has 1 heterocycles. The number of hydrogen-bond donors (Lipinski definition) is 2. The summed E-state index contributed by atoms with van der Waals surface area (Å²) in [5, 5.41) is 5.64. The van der Waals surface area contributed by atoms with Gasteiger partial charge in [0.2, 0.25) is 0 Å². The van der Waals surface area contributed by atoms with Crippen molar-refractivity contribution in [2.24, 2.45) is 5.92 Å². The van der Waals surface area contributed by atoms with Crippen molar-refractivity contribution < 1.29 is 5.32 Å². The number of hydrogen-bond acceptors (Lipinski definition) is 2. The molecule has 3 heteroatoms. The highest BCUT2D eigenvalue weighted by molar-refractivity contribution is 4.73. The van der Waals surface area contributed by atoms with Crippen molar-refractivity contribution in [1.29, 1.82) is 0 Å². The molecule has 0 radical (unpaired) electrons. The highest BCUT2D eigenvalue weighted by atomic mass is 15.1. The van der Waals surface area contributed by atoms with Crippen LogP contribution in [0, 0.1) is 5.92 Å². The van der Waals surface area contributed by atoms with Gasteiger partial charge >= 0.3 is 0 Å². The van der Waals surface area contributed by atoms with E-state index in [0.717, 1.165) is 5.92 Å². The Bertz CT molecular complexity index is 110. The summed E-state index contributed by atoms with van der Waals surface area (Å²) in [6.07, 6.45) is 1.36. The molecule has 0 aromatic heterocycles. The average Bonchev–Trinajstić information content (AvgIpc) is 2.53. The lowest BCUT2D eigenvalue weighted by molar-refractivity contribution is -0.626. The molecule has 12 heavy (non-hydrogen) atoms. The van der Waals surface area contributed by atoms with E-state index in [-0.39, 0.29) is 0 Å². The predicted octanol–water partition coefficient (Wildman–Crippen LogP) is -1.28. The van der Waals surface area contributed by atoms with Crippen LogP contribution >= 0.6 is 0 Å². The number of nitrogens with one attached hydrogen (secondary N) is 1. The van der Waals surface area contributed by atoms with Gasteiger partial charge in [0.25, 0.3) is 0 Å². The molecule has 0 aromatic rings. The smallest absolute Gasteiger partial charge is 0.0882 e. The lowest BCUT2D eigenvalue weighted by Crippen LogP contribution is -2.81. The molecule has 3 nitrogen and oxygen atoms in total. The Hall–Kier alpha value is -0.120. The normalized spacial score (nSPS) is 23.8. The Balaban J connectivity index is 2.03. The zero-order valence-corrected chi connectivity index (χ0v) is 8.34. The van der Waals surface area contributed by atoms with Gasteiger partial charge in [0, 0.05) is 13.1 Å². The van der Waals surface area contributed by atoms with Gasteiger partial charge in [0.15, 0.2) is 0 Å². The SMILES string of the molecule is C[NH2+]CCN(C)CC1CCNC1. The van der Waals surface area contributed by atoms with Crippen LogP contribution in [-0.2, 0) is 0 Å². The van der Waals surface area contributed by atoms with Crippen molar-refractivity contribution in [3.8, 4) is 0 Å². The molecular formula is C9H22N3+. The van der Waals surface area contributed by atoms with Gasteiger partial charge in [-0.3, -0.25) is 0 Å². The molecule has 0 bridgehead atoms. The monoisotopic (exact) mass is 172 g/mol. The van der Waals surface area contributed by atoms with Crippen molar-refractivity contribution in [2.45, 2.75) is 6.42 Å². The van der Waals surface area contributed by atoms with Gasteiger partial charge in [0.05, 0.1) is 13.6 Å². The van der Waals surface area contributed by atoms with Gasteiger partial charge in [-0.25, -0.2) is 0 Å². The molecule has 72 valence electrons.